The van der Waals surface area contributed by atoms with Gasteiger partial charge in [0.25, 0.3) is 5.91 Å². The molecular weight excluding hydrogens is 302 g/mol. The van der Waals surface area contributed by atoms with Crippen molar-refractivity contribution in [2.24, 2.45) is 0 Å². The minimum absolute atomic E-state index is 0.0284. The van der Waals surface area contributed by atoms with Gasteiger partial charge in [-0.2, -0.15) is 0 Å². The highest BCUT2D eigenvalue weighted by molar-refractivity contribution is 7.91. The fraction of sp³-hybridized carbons (Fsp3) is 0.562. The molecule has 1 saturated carbocycles. The lowest BCUT2D eigenvalue weighted by atomic mass is 10.1. The summed E-state index contributed by atoms with van der Waals surface area (Å²) in [4.78, 5) is 14.7. The van der Waals surface area contributed by atoms with Crippen LogP contribution in [0.15, 0.2) is 18.2 Å². The maximum atomic E-state index is 12.9. The van der Waals surface area contributed by atoms with E-state index >= 15 is 0 Å². The van der Waals surface area contributed by atoms with Crippen LogP contribution in [0, 0.1) is 0 Å². The number of ether oxygens (including phenoxy) is 1. The molecule has 0 radical (unpaired) electrons. The molecule has 1 aromatic rings. The highest BCUT2D eigenvalue weighted by atomic mass is 32.2. The molecule has 6 heteroatoms. The third-order valence-corrected chi connectivity index (χ3v) is 6.46. The average molecular weight is 321 g/mol. The van der Waals surface area contributed by atoms with E-state index < -0.39 is 9.84 Å². The van der Waals surface area contributed by atoms with Crippen molar-refractivity contribution in [3.8, 4) is 5.75 Å². The number of nitrogens with zero attached hydrogens (tertiary/aromatic N) is 1. The normalized spacial score (nSPS) is 25.5. The van der Waals surface area contributed by atoms with Crippen molar-refractivity contribution < 1.29 is 17.9 Å². The summed E-state index contributed by atoms with van der Waals surface area (Å²) in [6.07, 6.45) is 3.36. The Labute approximate surface area is 130 Å². The number of rotatable bonds is 3. The summed E-state index contributed by atoms with van der Waals surface area (Å²) in [6.45, 7) is 0.667. The van der Waals surface area contributed by atoms with Gasteiger partial charge in [0.2, 0.25) is 0 Å². The Morgan fingerprint density at radius 2 is 2.00 bits per heavy atom. The quantitative estimate of drug-likeness (QED) is 0.844. The van der Waals surface area contributed by atoms with Gasteiger partial charge in [-0.25, -0.2) is 8.42 Å². The number of benzene rings is 1. The molecule has 1 saturated heterocycles. The van der Waals surface area contributed by atoms with Crippen LogP contribution in [-0.4, -0.2) is 49.4 Å². The fourth-order valence-electron chi connectivity index (χ4n) is 3.45. The summed E-state index contributed by atoms with van der Waals surface area (Å²) in [5.74, 6) is 1.15. The Kier molecular flexibility index (Phi) is 3.18. The Hall–Kier alpha value is -1.56. The van der Waals surface area contributed by atoms with E-state index in [9.17, 15) is 13.2 Å². The van der Waals surface area contributed by atoms with E-state index in [1.54, 1.807) is 6.07 Å². The number of carbonyl (C=O) groups excluding carboxylic acids is 1. The molecule has 1 amide bonds. The summed E-state index contributed by atoms with van der Waals surface area (Å²) in [5, 5.41) is 0. The third-order valence-electron chi connectivity index (χ3n) is 4.71. The molecular formula is C16H19NO4S. The first kappa shape index (κ1) is 14.1. The van der Waals surface area contributed by atoms with Crippen LogP contribution >= 0.6 is 0 Å². The lowest BCUT2D eigenvalue weighted by Gasteiger charge is -2.28. The summed E-state index contributed by atoms with van der Waals surface area (Å²) in [5.41, 5.74) is 1.72. The van der Waals surface area contributed by atoms with Crippen molar-refractivity contribution >= 4 is 15.7 Å². The van der Waals surface area contributed by atoms with Crippen LogP contribution < -0.4 is 4.74 Å². The first-order valence-corrected chi connectivity index (χ1v) is 9.64. The van der Waals surface area contributed by atoms with Gasteiger partial charge in [-0.15, -0.1) is 0 Å². The zero-order valence-corrected chi connectivity index (χ0v) is 13.1. The summed E-state index contributed by atoms with van der Waals surface area (Å²) in [7, 11) is -2.99. The molecule has 0 bridgehead atoms. The highest BCUT2D eigenvalue weighted by Crippen LogP contribution is 2.34. The zero-order chi connectivity index (χ0) is 15.3. The number of hydrogen-bond donors (Lipinski definition) is 0. The topological polar surface area (TPSA) is 63.7 Å². The minimum Gasteiger partial charge on any atom is -0.493 e. The number of carbonyl (C=O) groups is 1. The van der Waals surface area contributed by atoms with Gasteiger partial charge >= 0.3 is 0 Å². The first-order valence-electron chi connectivity index (χ1n) is 7.82. The molecule has 22 heavy (non-hydrogen) atoms. The summed E-state index contributed by atoms with van der Waals surface area (Å²) in [6, 6.07) is 5.62. The molecule has 1 aromatic carbocycles. The molecule has 0 spiro atoms. The van der Waals surface area contributed by atoms with E-state index in [-0.39, 0.29) is 29.5 Å². The van der Waals surface area contributed by atoms with Crippen molar-refractivity contribution in [1.82, 2.24) is 4.90 Å². The van der Waals surface area contributed by atoms with E-state index in [0.29, 0.717) is 18.6 Å². The van der Waals surface area contributed by atoms with Gasteiger partial charge in [-0.1, -0.05) is 0 Å². The predicted molar refractivity (Wildman–Crippen MR) is 81.9 cm³/mol. The van der Waals surface area contributed by atoms with Crippen LogP contribution in [0.3, 0.4) is 0 Å². The monoisotopic (exact) mass is 321 g/mol. The molecule has 0 unspecified atom stereocenters. The van der Waals surface area contributed by atoms with Crippen molar-refractivity contribution in [1.29, 1.82) is 0 Å². The van der Waals surface area contributed by atoms with Gasteiger partial charge in [0.15, 0.2) is 9.84 Å². The standard InChI is InChI=1S/C16H19NO4S/c18-16(12-1-4-15-11(9-12)5-7-21-15)17(13-2-3-13)14-6-8-22(19,20)10-14/h1,4,9,13-14H,2-3,5-8,10H2/t14-/m1/s1. The average Bonchev–Trinajstić information content (AvgIpc) is 3.08. The molecule has 4 rings (SSSR count). The molecule has 2 heterocycles. The number of fused-ring (bicyclic) bond motifs is 1. The molecule has 1 atom stereocenters. The van der Waals surface area contributed by atoms with Crippen molar-refractivity contribution in [2.75, 3.05) is 18.1 Å². The third kappa shape index (κ3) is 2.49. The van der Waals surface area contributed by atoms with Gasteiger partial charge in [-0.3, -0.25) is 4.79 Å². The van der Waals surface area contributed by atoms with Crippen molar-refractivity contribution in [2.45, 2.75) is 37.8 Å². The van der Waals surface area contributed by atoms with E-state index in [1.807, 2.05) is 17.0 Å². The smallest absolute Gasteiger partial charge is 0.254 e. The van der Waals surface area contributed by atoms with Crippen LogP contribution in [0.25, 0.3) is 0 Å². The van der Waals surface area contributed by atoms with E-state index in [1.165, 1.54) is 0 Å². The molecule has 0 aromatic heterocycles. The largest absolute Gasteiger partial charge is 0.493 e. The van der Waals surface area contributed by atoms with Crippen LogP contribution in [-0.2, 0) is 16.3 Å². The van der Waals surface area contributed by atoms with Crippen molar-refractivity contribution in [3.05, 3.63) is 29.3 Å². The van der Waals surface area contributed by atoms with Gasteiger partial charge in [0.1, 0.15) is 5.75 Å². The van der Waals surface area contributed by atoms with Crippen LogP contribution in [0.4, 0.5) is 0 Å². The second-order valence-electron chi connectivity index (χ2n) is 6.42. The molecule has 2 fully saturated rings. The molecule has 0 N–H and O–H groups in total. The molecule has 118 valence electrons. The van der Waals surface area contributed by atoms with Gasteiger partial charge in [0, 0.05) is 24.1 Å². The maximum absolute atomic E-state index is 12.9. The summed E-state index contributed by atoms with van der Waals surface area (Å²) < 4.78 is 29.0. The number of hydrogen-bond acceptors (Lipinski definition) is 4. The van der Waals surface area contributed by atoms with E-state index in [2.05, 4.69) is 0 Å². The SMILES string of the molecule is O=C(c1ccc2c(c1)CCO2)N(C1CC1)[C@@H]1CCS(=O)(=O)C1. The Bertz CT molecular complexity index is 724. The van der Waals surface area contributed by atoms with Crippen molar-refractivity contribution in [3.63, 3.8) is 0 Å². The molecule has 5 nitrogen and oxygen atoms in total. The van der Waals surface area contributed by atoms with Gasteiger partial charge < -0.3 is 9.64 Å². The van der Waals surface area contributed by atoms with Gasteiger partial charge in [0.05, 0.1) is 18.1 Å². The van der Waals surface area contributed by atoms with Crippen LogP contribution in [0.1, 0.15) is 35.2 Å². The second kappa shape index (κ2) is 4.98. The highest BCUT2D eigenvalue weighted by Gasteiger charge is 2.42. The predicted octanol–water partition coefficient (Wildman–Crippen LogP) is 1.41. The zero-order valence-electron chi connectivity index (χ0n) is 12.3. The Balaban J connectivity index is 1.61. The first-order chi connectivity index (χ1) is 10.5. The number of amides is 1. The molecule has 3 aliphatic rings. The molecule has 2 aliphatic heterocycles. The van der Waals surface area contributed by atoms with E-state index in [4.69, 9.17) is 4.74 Å². The minimum atomic E-state index is -2.99. The van der Waals surface area contributed by atoms with Crippen LogP contribution in [0.2, 0.25) is 0 Å². The lowest BCUT2D eigenvalue weighted by Crippen LogP contribution is -2.42. The van der Waals surface area contributed by atoms with E-state index in [0.717, 1.165) is 30.6 Å². The second-order valence-corrected chi connectivity index (χ2v) is 8.65. The molecule has 1 aliphatic carbocycles. The fourth-order valence-corrected chi connectivity index (χ4v) is 5.16. The number of sulfone groups is 1. The van der Waals surface area contributed by atoms with Gasteiger partial charge in [-0.05, 0) is 43.0 Å². The van der Waals surface area contributed by atoms with Crippen LogP contribution in [0.5, 0.6) is 5.75 Å². The lowest BCUT2D eigenvalue weighted by molar-refractivity contribution is 0.0680. The Morgan fingerprint density at radius 3 is 2.68 bits per heavy atom. The summed E-state index contributed by atoms with van der Waals surface area (Å²) >= 11 is 0. The Morgan fingerprint density at radius 1 is 1.18 bits per heavy atom. The maximum Gasteiger partial charge on any atom is 0.254 e.